The van der Waals surface area contributed by atoms with Crippen LogP contribution in [0.4, 0.5) is 0 Å². The van der Waals surface area contributed by atoms with E-state index in [9.17, 15) is 4.79 Å². The van der Waals surface area contributed by atoms with E-state index in [1.54, 1.807) is 19.0 Å². The largest absolute Gasteiger partial charge is 0.493 e. The second-order valence-electron chi connectivity index (χ2n) is 5.61. The molecule has 0 aromatic heterocycles. The third-order valence-electron chi connectivity index (χ3n) is 3.51. The Labute approximate surface area is 131 Å². The van der Waals surface area contributed by atoms with E-state index >= 15 is 0 Å². The molecule has 21 heavy (non-hydrogen) atoms. The lowest BCUT2D eigenvalue weighted by Gasteiger charge is -2.14. The molecule has 0 atom stereocenters. The van der Waals surface area contributed by atoms with Crippen LogP contribution < -0.4 is 10.1 Å². The predicted molar refractivity (Wildman–Crippen MR) is 84.7 cm³/mol. The quantitative estimate of drug-likeness (QED) is 0.751. The van der Waals surface area contributed by atoms with Crippen molar-refractivity contribution in [1.82, 2.24) is 10.2 Å². The molecule has 1 amide bonds. The summed E-state index contributed by atoms with van der Waals surface area (Å²) in [6.07, 6.45) is 3.70. The first-order valence-corrected chi connectivity index (χ1v) is 7.79. The fourth-order valence-electron chi connectivity index (χ4n) is 2.01. The van der Waals surface area contributed by atoms with E-state index in [1.807, 2.05) is 18.2 Å². The lowest BCUT2D eigenvalue weighted by atomic mass is 10.2. The molecule has 0 saturated heterocycles. The third kappa shape index (κ3) is 5.21. The number of halogens is 1. The molecule has 1 aromatic rings. The van der Waals surface area contributed by atoms with Gasteiger partial charge in [-0.1, -0.05) is 17.7 Å². The van der Waals surface area contributed by atoms with Gasteiger partial charge in [-0.3, -0.25) is 4.79 Å². The molecule has 1 aliphatic rings. The summed E-state index contributed by atoms with van der Waals surface area (Å²) in [5.74, 6) is 0.938. The highest BCUT2D eigenvalue weighted by atomic mass is 35.5. The van der Waals surface area contributed by atoms with Crippen molar-refractivity contribution in [2.75, 3.05) is 20.7 Å². The number of carbonyl (C=O) groups is 1. The van der Waals surface area contributed by atoms with Crippen molar-refractivity contribution < 1.29 is 9.53 Å². The monoisotopic (exact) mass is 310 g/mol. The minimum atomic E-state index is 0.125. The molecule has 116 valence electrons. The van der Waals surface area contributed by atoms with Gasteiger partial charge in [0.2, 0.25) is 5.91 Å². The van der Waals surface area contributed by atoms with Gasteiger partial charge >= 0.3 is 0 Å². The highest BCUT2D eigenvalue weighted by Crippen LogP contribution is 2.28. The zero-order valence-electron chi connectivity index (χ0n) is 12.7. The summed E-state index contributed by atoms with van der Waals surface area (Å²) >= 11 is 6.26. The summed E-state index contributed by atoms with van der Waals surface area (Å²) in [5, 5.41) is 4.18. The van der Waals surface area contributed by atoms with Crippen molar-refractivity contribution in [2.24, 2.45) is 0 Å². The number of nitrogens with zero attached hydrogens (tertiary/aromatic N) is 1. The van der Waals surface area contributed by atoms with Crippen molar-refractivity contribution >= 4 is 17.5 Å². The van der Waals surface area contributed by atoms with Gasteiger partial charge in [-0.25, -0.2) is 0 Å². The van der Waals surface area contributed by atoms with Crippen LogP contribution in [0.25, 0.3) is 0 Å². The third-order valence-corrected chi connectivity index (χ3v) is 3.87. The summed E-state index contributed by atoms with van der Waals surface area (Å²) < 4.78 is 5.81. The fourth-order valence-corrected chi connectivity index (χ4v) is 2.24. The van der Waals surface area contributed by atoms with Gasteiger partial charge in [-0.05, 0) is 31.4 Å². The van der Waals surface area contributed by atoms with E-state index in [0.717, 1.165) is 22.9 Å². The minimum Gasteiger partial charge on any atom is -0.493 e. The Bertz CT molecular complexity index is 487. The highest BCUT2D eigenvalue weighted by Gasteiger charge is 2.21. The Morgan fingerprint density at radius 1 is 1.43 bits per heavy atom. The molecule has 0 aliphatic heterocycles. The molecular formula is C16H23ClN2O2. The molecular weight excluding hydrogens is 288 g/mol. The van der Waals surface area contributed by atoms with Crippen LogP contribution in [0.5, 0.6) is 5.75 Å². The molecule has 0 radical (unpaired) electrons. The molecule has 1 fully saturated rings. The van der Waals surface area contributed by atoms with Crippen LogP contribution in [0.1, 0.15) is 31.2 Å². The van der Waals surface area contributed by atoms with Crippen molar-refractivity contribution in [3.8, 4) is 5.75 Å². The van der Waals surface area contributed by atoms with Gasteiger partial charge in [0.05, 0.1) is 6.61 Å². The first-order chi connectivity index (χ1) is 10.1. The average molecular weight is 311 g/mol. The maximum atomic E-state index is 11.5. The molecule has 0 unspecified atom stereocenters. The van der Waals surface area contributed by atoms with Crippen LogP contribution in [0.3, 0.4) is 0 Å². The van der Waals surface area contributed by atoms with Gasteiger partial charge < -0.3 is 15.0 Å². The lowest BCUT2D eigenvalue weighted by Crippen LogP contribution is -2.22. The van der Waals surface area contributed by atoms with Crippen molar-refractivity contribution in [1.29, 1.82) is 0 Å². The molecule has 0 heterocycles. The lowest BCUT2D eigenvalue weighted by molar-refractivity contribution is -0.128. The molecule has 0 spiro atoms. The molecule has 1 saturated carbocycles. The van der Waals surface area contributed by atoms with Crippen LogP contribution in [-0.4, -0.2) is 37.6 Å². The predicted octanol–water partition coefficient (Wildman–Crippen LogP) is 2.84. The van der Waals surface area contributed by atoms with E-state index in [2.05, 4.69) is 5.32 Å². The van der Waals surface area contributed by atoms with Gasteiger partial charge in [0.1, 0.15) is 5.75 Å². The molecule has 1 aromatic carbocycles. The number of amides is 1. The fraction of sp³-hybridized carbons (Fsp3) is 0.562. The molecule has 5 heteroatoms. The number of ether oxygens (including phenoxy) is 1. The summed E-state index contributed by atoms with van der Waals surface area (Å²) in [7, 11) is 3.53. The molecule has 4 nitrogen and oxygen atoms in total. The number of carbonyl (C=O) groups excluding carboxylic acids is 1. The minimum absolute atomic E-state index is 0.125. The van der Waals surface area contributed by atoms with Crippen LogP contribution >= 0.6 is 11.6 Å². The van der Waals surface area contributed by atoms with Gasteiger partial charge in [0.15, 0.2) is 0 Å². The van der Waals surface area contributed by atoms with Crippen molar-refractivity contribution in [2.45, 2.75) is 38.3 Å². The maximum absolute atomic E-state index is 11.5. The second-order valence-corrected chi connectivity index (χ2v) is 6.02. The molecule has 1 aliphatic carbocycles. The van der Waals surface area contributed by atoms with Gasteiger partial charge in [0.25, 0.3) is 0 Å². The number of hydrogen-bond acceptors (Lipinski definition) is 3. The zero-order valence-corrected chi connectivity index (χ0v) is 13.4. The number of benzene rings is 1. The van der Waals surface area contributed by atoms with Crippen LogP contribution in [0.2, 0.25) is 5.02 Å². The SMILES string of the molecule is CN(C)C(=O)CCCOc1cccc(Cl)c1CNC1CC1. The Morgan fingerprint density at radius 2 is 2.19 bits per heavy atom. The standard InChI is InChI=1S/C16H23ClN2O2/c1-19(2)16(20)7-4-10-21-15-6-3-5-14(17)13(15)11-18-12-8-9-12/h3,5-6,12,18H,4,7-11H2,1-2H3. The van der Waals surface area contributed by atoms with Gasteiger partial charge in [-0.2, -0.15) is 0 Å². The highest BCUT2D eigenvalue weighted by molar-refractivity contribution is 6.31. The van der Waals surface area contributed by atoms with E-state index in [-0.39, 0.29) is 5.91 Å². The average Bonchev–Trinajstić information content (AvgIpc) is 3.26. The van der Waals surface area contributed by atoms with Crippen molar-refractivity contribution in [3.05, 3.63) is 28.8 Å². The smallest absolute Gasteiger partial charge is 0.222 e. The van der Waals surface area contributed by atoms with Gasteiger partial charge in [-0.15, -0.1) is 0 Å². The first kappa shape index (κ1) is 16.1. The van der Waals surface area contributed by atoms with E-state index in [0.29, 0.717) is 25.5 Å². The Hall–Kier alpha value is -1.26. The number of rotatable bonds is 8. The van der Waals surface area contributed by atoms with Crippen LogP contribution in [0, 0.1) is 0 Å². The van der Waals surface area contributed by atoms with Crippen molar-refractivity contribution in [3.63, 3.8) is 0 Å². The number of hydrogen-bond donors (Lipinski definition) is 1. The second kappa shape index (κ2) is 7.66. The Morgan fingerprint density at radius 3 is 2.86 bits per heavy atom. The molecule has 0 bridgehead atoms. The Kier molecular flexibility index (Phi) is 5.88. The summed E-state index contributed by atoms with van der Waals surface area (Å²) in [6.45, 7) is 1.26. The van der Waals surface area contributed by atoms with E-state index in [4.69, 9.17) is 16.3 Å². The number of nitrogens with one attached hydrogen (secondary N) is 1. The topological polar surface area (TPSA) is 41.6 Å². The Balaban J connectivity index is 1.83. The van der Waals surface area contributed by atoms with E-state index in [1.165, 1.54) is 12.8 Å². The summed E-state index contributed by atoms with van der Waals surface area (Å²) in [4.78, 5) is 13.1. The zero-order chi connectivity index (χ0) is 15.2. The maximum Gasteiger partial charge on any atom is 0.222 e. The normalized spacial score (nSPS) is 14.0. The first-order valence-electron chi connectivity index (χ1n) is 7.41. The van der Waals surface area contributed by atoms with Crippen LogP contribution in [-0.2, 0) is 11.3 Å². The molecule has 1 N–H and O–H groups in total. The molecule has 2 rings (SSSR count). The van der Waals surface area contributed by atoms with Gasteiger partial charge in [0, 0.05) is 43.7 Å². The van der Waals surface area contributed by atoms with E-state index < -0.39 is 0 Å². The summed E-state index contributed by atoms with van der Waals surface area (Å²) in [5.41, 5.74) is 1.00. The summed E-state index contributed by atoms with van der Waals surface area (Å²) in [6, 6.07) is 6.34. The van der Waals surface area contributed by atoms with Crippen LogP contribution in [0.15, 0.2) is 18.2 Å².